The molecule has 0 saturated carbocycles. The lowest BCUT2D eigenvalue weighted by molar-refractivity contribution is 0.0691. The molecule has 2 rings (SSSR count). The zero-order chi connectivity index (χ0) is 17.6. The number of rotatable bonds is 9. The van der Waals surface area contributed by atoms with Gasteiger partial charge in [0.2, 0.25) is 10.0 Å². The Morgan fingerprint density at radius 2 is 1.96 bits per heavy atom. The first-order chi connectivity index (χ1) is 11.5. The monoisotopic (exact) mass is 359 g/mol. The topological polar surface area (TPSA) is 89.9 Å². The number of amides is 1. The fraction of sp³-hybridized carbons (Fsp3) is 0.667. The average molecular weight is 359 g/mol. The van der Waals surface area contributed by atoms with Crippen LogP contribution in [0.4, 0.5) is 0 Å². The Morgan fingerprint density at radius 3 is 2.62 bits per heavy atom. The molecule has 1 aliphatic rings. The molecule has 0 bridgehead atoms. The minimum absolute atomic E-state index is 0.161. The molecule has 1 fully saturated rings. The van der Waals surface area contributed by atoms with E-state index >= 15 is 0 Å². The van der Waals surface area contributed by atoms with Gasteiger partial charge in [-0.1, -0.05) is 0 Å². The molecule has 136 valence electrons. The van der Waals surface area contributed by atoms with Crippen LogP contribution < -0.4 is 5.32 Å². The van der Waals surface area contributed by atoms with Crippen molar-refractivity contribution >= 4 is 15.9 Å². The van der Waals surface area contributed by atoms with Gasteiger partial charge in [-0.2, -0.15) is 4.31 Å². The summed E-state index contributed by atoms with van der Waals surface area (Å²) in [5.41, 5.74) is 0.310. The SMILES string of the molecule is COCCOCCNC(=O)c1cc(S(=O)(=O)N2CCCC2)cn1C. The third-order valence-electron chi connectivity index (χ3n) is 3.88. The maximum atomic E-state index is 12.5. The number of carbonyl (C=O) groups is 1. The van der Waals surface area contributed by atoms with Crippen molar-refractivity contribution in [3.63, 3.8) is 0 Å². The highest BCUT2D eigenvalue weighted by Gasteiger charge is 2.29. The van der Waals surface area contributed by atoms with Gasteiger partial charge < -0.3 is 19.4 Å². The molecule has 1 aromatic rings. The standard InChI is InChI=1S/C15H25N3O5S/c1-17-12-13(24(20,21)18-6-3-4-7-18)11-14(17)15(19)16-5-8-23-10-9-22-2/h11-12H,3-10H2,1-2H3,(H,16,19). The zero-order valence-electron chi connectivity index (χ0n) is 14.2. The molecule has 2 heterocycles. The summed E-state index contributed by atoms with van der Waals surface area (Å²) in [6, 6.07) is 1.43. The molecular formula is C15H25N3O5S. The lowest BCUT2D eigenvalue weighted by atomic mass is 10.4. The second-order valence-corrected chi connectivity index (χ2v) is 7.58. The molecule has 1 aliphatic heterocycles. The van der Waals surface area contributed by atoms with Crippen molar-refractivity contribution in [2.75, 3.05) is 46.6 Å². The minimum Gasteiger partial charge on any atom is -0.382 e. The third kappa shape index (κ3) is 4.56. The number of sulfonamides is 1. The van der Waals surface area contributed by atoms with Crippen molar-refractivity contribution < 1.29 is 22.7 Å². The lowest BCUT2D eigenvalue weighted by Gasteiger charge is -2.13. The van der Waals surface area contributed by atoms with Gasteiger partial charge in [-0.05, 0) is 18.9 Å². The van der Waals surface area contributed by atoms with Gasteiger partial charge in [0.25, 0.3) is 5.91 Å². The van der Waals surface area contributed by atoms with Crippen LogP contribution >= 0.6 is 0 Å². The predicted octanol–water partition coefficient (Wildman–Crippen LogP) is 0.202. The zero-order valence-corrected chi connectivity index (χ0v) is 15.0. The fourth-order valence-corrected chi connectivity index (χ4v) is 4.14. The summed E-state index contributed by atoms with van der Waals surface area (Å²) in [6.07, 6.45) is 3.24. The van der Waals surface area contributed by atoms with Crippen LogP contribution in [0.5, 0.6) is 0 Å². The summed E-state index contributed by atoms with van der Waals surface area (Å²) in [6.45, 7) is 2.77. The maximum Gasteiger partial charge on any atom is 0.268 e. The van der Waals surface area contributed by atoms with E-state index in [0.717, 1.165) is 12.8 Å². The van der Waals surface area contributed by atoms with E-state index in [-0.39, 0.29) is 10.8 Å². The number of ether oxygens (including phenoxy) is 2. The van der Waals surface area contributed by atoms with Gasteiger partial charge in [-0.15, -0.1) is 0 Å². The number of hydrogen-bond acceptors (Lipinski definition) is 5. The Hall–Kier alpha value is -1.42. The van der Waals surface area contributed by atoms with Gasteiger partial charge in [-0.3, -0.25) is 4.79 Å². The van der Waals surface area contributed by atoms with E-state index in [1.54, 1.807) is 14.2 Å². The Balaban J connectivity index is 1.94. The molecule has 0 atom stereocenters. The first-order valence-corrected chi connectivity index (χ1v) is 9.42. The van der Waals surface area contributed by atoms with Crippen LogP contribution in [0.2, 0.25) is 0 Å². The summed E-state index contributed by atoms with van der Waals surface area (Å²) in [4.78, 5) is 12.4. The molecule has 9 heteroatoms. The van der Waals surface area contributed by atoms with Gasteiger partial charge in [0.05, 0.1) is 19.8 Å². The summed E-state index contributed by atoms with van der Waals surface area (Å²) in [5, 5.41) is 2.72. The Morgan fingerprint density at radius 1 is 1.25 bits per heavy atom. The van der Waals surface area contributed by atoms with Crippen molar-refractivity contribution in [2.24, 2.45) is 7.05 Å². The predicted molar refractivity (Wildman–Crippen MR) is 88.4 cm³/mol. The first-order valence-electron chi connectivity index (χ1n) is 7.98. The second-order valence-electron chi connectivity index (χ2n) is 5.64. The van der Waals surface area contributed by atoms with Crippen molar-refractivity contribution in [3.05, 3.63) is 18.0 Å². The van der Waals surface area contributed by atoms with Crippen LogP contribution in [0.25, 0.3) is 0 Å². The highest BCUT2D eigenvalue weighted by Crippen LogP contribution is 2.22. The number of nitrogens with zero attached hydrogens (tertiary/aromatic N) is 2. The summed E-state index contributed by atoms with van der Waals surface area (Å²) < 4.78 is 38.2. The average Bonchev–Trinajstić information content (AvgIpc) is 3.20. The van der Waals surface area contributed by atoms with E-state index in [4.69, 9.17) is 9.47 Å². The lowest BCUT2D eigenvalue weighted by Crippen LogP contribution is -2.29. The molecule has 0 aromatic carbocycles. The van der Waals surface area contributed by atoms with Gasteiger partial charge >= 0.3 is 0 Å². The Labute approximate surface area is 142 Å². The normalized spacial score (nSPS) is 15.8. The van der Waals surface area contributed by atoms with Crippen LogP contribution in [-0.2, 0) is 26.5 Å². The highest BCUT2D eigenvalue weighted by atomic mass is 32.2. The minimum atomic E-state index is -3.52. The molecule has 1 aromatic heterocycles. The van der Waals surface area contributed by atoms with Gasteiger partial charge in [-0.25, -0.2) is 8.42 Å². The number of nitrogens with one attached hydrogen (secondary N) is 1. The molecule has 24 heavy (non-hydrogen) atoms. The van der Waals surface area contributed by atoms with E-state index in [0.29, 0.717) is 45.1 Å². The Bertz CT molecular complexity index is 650. The number of aromatic nitrogens is 1. The summed E-state index contributed by atoms with van der Waals surface area (Å²) in [5.74, 6) is -0.323. The van der Waals surface area contributed by atoms with E-state index in [1.807, 2.05) is 0 Å². The molecular weight excluding hydrogens is 334 g/mol. The molecule has 1 amide bonds. The summed E-state index contributed by atoms with van der Waals surface area (Å²) in [7, 11) is -0.264. The third-order valence-corrected chi connectivity index (χ3v) is 5.74. The van der Waals surface area contributed by atoms with Crippen LogP contribution in [0, 0.1) is 0 Å². The smallest absolute Gasteiger partial charge is 0.268 e. The molecule has 0 aliphatic carbocycles. The van der Waals surface area contributed by atoms with Gasteiger partial charge in [0, 0.05) is 40.0 Å². The van der Waals surface area contributed by atoms with E-state index < -0.39 is 10.0 Å². The van der Waals surface area contributed by atoms with Crippen LogP contribution in [0.1, 0.15) is 23.3 Å². The van der Waals surface area contributed by atoms with Gasteiger partial charge in [0.1, 0.15) is 10.6 Å². The number of hydrogen-bond donors (Lipinski definition) is 1. The quantitative estimate of drug-likeness (QED) is 0.636. The number of aryl methyl sites for hydroxylation is 1. The molecule has 1 N–H and O–H groups in total. The van der Waals surface area contributed by atoms with Crippen molar-refractivity contribution in [1.82, 2.24) is 14.2 Å². The highest BCUT2D eigenvalue weighted by molar-refractivity contribution is 7.89. The number of methoxy groups -OCH3 is 1. The first kappa shape index (κ1) is 18.9. The van der Waals surface area contributed by atoms with Crippen LogP contribution in [0.15, 0.2) is 17.2 Å². The van der Waals surface area contributed by atoms with Crippen LogP contribution in [0.3, 0.4) is 0 Å². The summed E-state index contributed by atoms with van der Waals surface area (Å²) >= 11 is 0. The van der Waals surface area contributed by atoms with E-state index in [1.165, 1.54) is 21.1 Å². The second kappa shape index (κ2) is 8.61. The maximum absolute atomic E-state index is 12.5. The van der Waals surface area contributed by atoms with E-state index in [2.05, 4.69) is 5.32 Å². The van der Waals surface area contributed by atoms with Crippen LogP contribution in [-0.4, -0.2) is 69.8 Å². The van der Waals surface area contributed by atoms with E-state index in [9.17, 15) is 13.2 Å². The number of carbonyl (C=O) groups excluding carboxylic acids is 1. The van der Waals surface area contributed by atoms with Gasteiger partial charge in [0.15, 0.2) is 0 Å². The molecule has 8 nitrogen and oxygen atoms in total. The Kier molecular flexibility index (Phi) is 6.79. The largest absolute Gasteiger partial charge is 0.382 e. The molecule has 0 spiro atoms. The van der Waals surface area contributed by atoms with Crippen molar-refractivity contribution in [1.29, 1.82) is 0 Å². The molecule has 1 saturated heterocycles. The fourth-order valence-electron chi connectivity index (χ4n) is 2.55. The molecule has 0 unspecified atom stereocenters. The van der Waals surface area contributed by atoms with Crippen molar-refractivity contribution in [2.45, 2.75) is 17.7 Å². The van der Waals surface area contributed by atoms with Crippen molar-refractivity contribution in [3.8, 4) is 0 Å². The molecule has 0 radical (unpaired) electrons.